The monoisotopic (exact) mass is 363 g/mol. The van der Waals surface area contributed by atoms with Crippen LogP contribution in [0.25, 0.3) is 0 Å². The lowest BCUT2D eigenvalue weighted by Crippen LogP contribution is -2.26. The van der Waals surface area contributed by atoms with Crippen LogP contribution in [0.2, 0.25) is 0 Å². The number of hydrogen-bond acceptors (Lipinski definition) is 1. The molecule has 0 amide bonds. The van der Waals surface area contributed by atoms with E-state index in [1.165, 1.54) is 90.1 Å². The van der Waals surface area contributed by atoms with E-state index in [9.17, 15) is 0 Å². The summed E-state index contributed by atoms with van der Waals surface area (Å²) in [5, 5.41) is 0. The smallest absolute Gasteiger partial charge is 0.00414 e. The zero-order valence-corrected chi connectivity index (χ0v) is 18.9. The minimum absolute atomic E-state index is 0.655. The first-order valence-corrected chi connectivity index (χ1v) is 11.7. The van der Waals surface area contributed by atoms with Crippen LogP contribution in [0, 0.1) is 11.8 Å². The Morgan fingerprint density at radius 2 is 1.69 bits per heavy atom. The quantitative estimate of drug-likeness (QED) is 0.280. The number of nitrogens with zero attached hydrogens (tertiary/aromatic N) is 1. The van der Waals surface area contributed by atoms with Gasteiger partial charge in [0.05, 0.1) is 0 Å². The van der Waals surface area contributed by atoms with Crippen LogP contribution in [0.1, 0.15) is 105 Å². The van der Waals surface area contributed by atoms with Crippen molar-refractivity contribution in [1.29, 1.82) is 0 Å². The maximum atomic E-state index is 4.11. The molecule has 0 aromatic heterocycles. The molecule has 0 saturated carbocycles. The molecule has 0 aromatic carbocycles. The molecule has 1 rings (SSSR count). The van der Waals surface area contributed by atoms with Crippen LogP contribution in [0.15, 0.2) is 24.3 Å². The van der Waals surface area contributed by atoms with Gasteiger partial charge in [-0.3, -0.25) is 0 Å². The summed E-state index contributed by atoms with van der Waals surface area (Å²) in [4.78, 5) is 2.50. The Morgan fingerprint density at radius 3 is 2.31 bits per heavy atom. The summed E-state index contributed by atoms with van der Waals surface area (Å²) < 4.78 is 0. The van der Waals surface area contributed by atoms with E-state index in [2.05, 4.69) is 44.5 Å². The molecule has 26 heavy (non-hydrogen) atoms. The highest BCUT2D eigenvalue weighted by atomic mass is 15.1. The molecule has 0 aliphatic carbocycles. The van der Waals surface area contributed by atoms with Crippen LogP contribution in [0.4, 0.5) is 0 Å². The SMILES string of the molecule is C=CC1CC(C(=CC)CCCCCCCCC)CCCCN(C)C1.CC. The van der Waals surface area contributed by atoms with E-state index in [1.54, 1.807) is 5.57 Å². The van der Waals surface area contributed by atoms with E-state index in [0.717, 1.165) is 5.92 Å². The van der Waals surface area contributed by atoms with Gasteiger partial charge in [-0.1, -0.05) is 83.4 Å². The molecule has 154 valence electrons. The van der Waals surface area contributed by atoms with Crippen molar-refractivity contribution in [3.8, 4) is 0 Å². The Balaban J connectivity index is 0.00000301. The van der Waals surface area contributed by atoms with E-state index in [-0.39, 0.29) is 0 Å². The number of unbranched alkanes of at least 4 members (excludes halogenated alkanes) is 6. The highest BCUT2D eigenvalue weighted by Crippen LogP contribution is 2.31. The lowest BCUT2D eigenvalue weighted by Gasteiger charge is -2.25. The Labute approximate surface area is 166 Å². The number of hydrogen-bond donors (Lipinski definition) is 0. The summed E-state index contributed by atoms with van der Waals surface area (Å²) in [6.07, 6.45) is 21.3. The zero-order valence-electron chi connectivity index (χ0n) is 18.9. The average molecular weight is 364 g/mol. The summed E-state index contributed by atoms with van der Waals surface area (Å²) in [6.45, 7) is 15.1. The molecule has 0 spiro atoms. The lowest BCUT2D eigenvalue weighted by molar-refractivity contribution is 0.291. The second-order valence-corrected chi connectivity index (χ2v) is 7.92. The highest BCUT2D eigenvalue weighted by Gasteiger charge is 2.20. The number of rotatable bonds is 10. The van der Waals surface area contributed by atoms with Gasteiger partial charge in [0.25, 0.3) is 0 Å². The summed E-state index contributed by atoms with van der Waals surface area (Å²) in [7, 11) is 2.27. The number of allylic oxidation sites excluding steroid dienone is 2. The minimum atomic E-state index is 0.655. The van der Waals surface area contributed by atoms with Gasteiger partial charge in [-0.2, -0.15) is 0 Å². The van der Waals surface area contributed by atoms with E-state index in [4.69, 9.17) is 0 Å². The first-order chi connectivity index (χ1) is 12.7. The molecule has 2 unspecified atom stereocenters. The first-order valence-electron chi connectivity index (χ1n) is 11.7. The van der Waals surface area contributed by atoms with E-state index in [0.29, 0.717) is 5.92 Å². The molecular formula is C25H49N. The molecule has 1 nitrogen and oxygen atoms in total. The summed E-state index contributed by atoms with van der Waals surface area (Å²) in [5.74, 6) is 1.45. The average Bonchev–Trinajstić information content (AvgIpc) is 2.76. The zero-order chi connectivity index (χ0) is 19.6. The lowest BCUT2D eigenvalue weighted by atomic mass is 9.83. The molecule has 1 aliphatic rings. The van der Waals surface area contributed by atoms with Gasteiger partial charge in [0.15, 0.2) is 0 Å². The summed E-state index contributed by atoms with van der Waals surface area (Å²) in [5.41, 5.74) is 1.74. The Kier molecular flexibility index (Phi) is 17.4. The molecule has 0 N–H and O–H groups in total. The van der Waals surface area contributed by atoms with Crippen LogP contribution >= 0.6 is 0 Å². The van der Waals surface area contributed by atoms with Gasteiger partial charge in [0.1, 0.15) is 0 Å². The van der Waals surface area contributed by atoms with Crippen molar-refractivity contribution < 1.29 is 0 Å². The van der Waals surface area contributed by atoms with Gasteiger partial charge < -0.3 is 4.90 Å². The predicted octanol–water partition coefficient (Wildman–Crippen LogP) is 8.02. The normalized spacial score (nSPS) is 22.6. The summed E-state index contributed by atoms with van der Waals surface area (Å²) >= 11 is 0. The third-order valence-electron chi connectivity index (χ3n) is 5.77. The van der Waals surface area contributed by atoms with Crippen molar-refractivity contribution in [3.05, 3.63) is 24.3 Å². The highest BCUT2D eigenvalue weighted by molar-refractivity contribution is 5.07. The fourth-order valence-corrected chi connectivity index (χ4v) is 4.20. The third kappa shape index (κ3) is 11.9. The molecule has 1 saturated heterocycles. The molecule has 1 aliphatic heterocycles. The third-order valence-corrected chi connectivity index (χ3v) is 5.77. The first kappa shape index (κ1) is 25.4. The van der Waals surface area contributed by atoms with Crippen molar-refractivity contribution in [3.63, 3.8) is 0 Å². The van der Waals surface area contributed by atoms with Gasteiger partial charge in [-0.25, -0.2) is 0 Å². The molecular weight excluding hydrogens is 314 g/mol. The van der Waals surface area contributed by atoms with Crippen molar-refractivity contribution >= 4 is 0 Å². The molecule has 0 radical (unpaired) electrons. The summed E-state index contributed by atoms with van der Waals surface area (Å²) in [6, 6.07) is 0. The second kappa shape index (κ2) is 17.8. The van der Waals surface area contributed by atoms with Crippen molar-refractivity contribution in [1.82, 2.24) is 4.90 Å². The van der Waals surface area contributed by atoms with E-state index >= 15 is 0 Å². The maximum absolute atomic E-state index is 4.11. The van der Waals surface area contributed by atoms with Gasteiger partial charge in [-0.05, 0) is 64.5 Å². The maximum Gasteiger partial charge on any atom is 0.00414 e. The molecule has 0 bridgehead atoms. The molecule has 1 heterocycles. The Bertz CT molecular complexity index is 344. The van der Waals surface area contributed by atoms with Crippen LogP contribution in [0.5, 0.6) is 0 Å². The fourth-order valence-electron chi connectivity index (χ4n) is 4.20. The molecule has 2 atom stereocenters. The Hall–Kier alpha value is -0.560. The van der Waals surface area contributed by atoms with Gasteiger partial charge in [-0.15, -0.1) is 6.58 Å². The Morgan fingerprint density at radius 1 is 1.04 bits per heavy atom. The van der Waals surface area contributed by atoms with Crippen LogP contribution in [-0.4, -0.2) is 25.0 Å². The standard InChI is InChI=1S/C23H43N.C2H6/c1-5-8-9-10-11-12-13-16-22(7-3)23-17-14-15-18-24(4)20-21(6-2)19-23;1-2/h6-7,21,23H,2,5,8-20H2,1,3-4H3;1-2H3. The topological polar surface area (TPSA) is 3.24 Å². The van der Waals surface area contributed by atoms with Gasteiger partial charge >= 0.3 is 0 Å². The van der Waals surface area contributed by atoms with E-state index in [1.807, 2.05) is 13.8 Å². The van der Waals surface area contributed by atoms with Crippen LogP contribution in [-0.2, 0) is 0 Å². The van der Waals surface area contributed by atoms with Crippen molar-refractivity contribution in [2.24, 2.45) is 11.8 Å². The van der Waals surface area contributed by atoms with E-state index < -0.39 is 0 Å². The largest absolute Gasteiger partial charge is 0.306 e. The molecule has 1 fully saturated rings. The predicted molar refractivity (Wildman–Crippen MR) is 121 cm³/mol. The fraction of sp³-hybridized carbons (Fsp3) is 0.840. The van der Waals surface area contributed by atoms with Crippen LogP contribution < -0.4 is 0 Å². The van der Waals surface area contributed by atoms with Crippen molar-refractivity contribution in [2.75, 3.05) is 20.1 Å². The van der Waals surface area contributed by atoms with Gasteiger partial charge in [0, 0.05) is 6.54 Å². The molecule has 0 aromatic rings. The van der Waals surface area contributed by atoms with Gasteiger partial charge in [0.2, 0.25) is 0 Å². The molecule has 1 heteroatoms. The minimum Gasteiger partial charge on any atom is -0.306 e. The second-order valence-electron chi connectivity index (χ2n) is 7.92. The van der Waals surface area contributed by atoms with Crippen molar-refractivity contribution in [2.45, 2.75) is 105 Å². The van der Waals surface area contributed by atoms with Crippen LogP contribution in [0.3, 0.4) is 0 Å².